The molecule has 1 aromatic carbocycles. The van der Waals surface area contributed by atoms with Crippen molar-refractivity contribution in [1.29, 1.82) is 0 Å². The van der Waals surface area contributed by atoms with Crippen molar-refractivity contribution in [1.82, 2.24) is 9.78 Å². The van der Waals surface area contributed by atoms with Crippen LogP contribution in [0.2, 0.25) is 0 Å². The van der Waals surface area contributed by atoms with E-state index in [1.165, 1.54) is 16.8 Å². The summed E-state index contributed by atoms with van der Waals surface area (Å²) < 4.78 is 15.2. The lowest BCUT2D eigenvalue weighted by Crippen LogP contribution is -2.07. The zero-order chi connectivity index (χ0) is 14.0. The van der Waals surface area contributed by atoms with Crippen molar-refractivity contribution in [3.8, 4) is 5.69 Å². The summed E-state index contributed by atoms with van der Waals surface area (Å²) in [5.74, 6) is -1.21. The molecule has 4 nitrogen and oxygen atoms in total. The van der Waals surface area contributed by atoms with Crippen LogP contribution in [0.5, 0.6) is 0 Å². The Labute approximate surface area is 110 Å². The summed E-state index contributed by atoms with van der Waals surface area (Å²) in [6.45, 7) is 4.03. The largest absolute Gasteiger partial charge is 0.476 e. The van der Waals surface area contributed by atoms with Crippen LogP contribution in [-0.4, -0.2) is 20.9 Å². The fourth-order valence-corrected chi connectivity index (χ4v) is 1.92. The molecule has 1 heterocycles. The van der Waals surface area contributed by atoms with Gasteiger partial charge in [0, 0.05) is 5.69 Å². The standard InChI is InChI=1S/C14H15FN2O2/c1-9(2)7-10-8-12(14(18)19)16-17(10)13-6-4-3-5-11(13)15/h3-6,8-9H,7H2,1-2H3,(H,18,19). The molecule has 0 radical (unpaired) electrons. The molecule has 2 aromatic rings. The molecule has 2 rings (SSSR count). The van der Waals surface area contributed by atoms with Crippen LogP contribution in [-0.2, 0) is 6.42 Å². The topological polar surface area (TPSA) is 55.1 Å². The SMILES string of the molecule is CC(C)Cc1cc(C(=O)O)nn1-c1ccccc1F. The van der Waals surface area contributed by atoms with Crippen molar-refractivity contribution in [3.05, 3.63) is 47.5 Å². The number of nitrogens with zero attached hydrogens (tertiary/aromatic N) is 2. The number of halogens is 1. The monoisotopic (exact) mass is 262 g/mol. The molecule has 0 aliphatic heterocycles. The van der Waals surface area contributed by atoms with Crippen LogP contribution in [0, 0.1) is 11.7 Å². The summed E-state index contributed by atoms with van der Waals surface area (Å²) >= 11 is 0. The van der Waals surface area contributed by atoms with Crippen molar-refractivity contribution >= 4 is 5.97 Å². The Morgan fingerprint density at radius 1 is 1.42 bits per heavy atom. The predicted molar refractivity (Wildman–Crippen MR) is 69.0 cm³/mol. The third kappa shape index (κ3) is 2.81. The lowest BCUT2D eigenvalue weighted by Gasteiger charge is -2.09. The third-order valence-corrected chi connectivity index (χ3v) is 2.70. The number of hydrogen-bond acceptors (Lipinski definition) is 2. The molecule has 0 fully saturated rings. The quantitative estimate of drug-likeness (QED) is 0.921. The van der Waals surface area contributed by atoms with Crippen LogP contribution in [0.3, 0.4) is 0 Å². The first-order valence-electron chi connectivity index (χ1n) is 6.06. The van der Waals surface area contributed by atoms with Gasteiger partial charge in [0.1, 0.15) is 11.5 Å². The van der Waals surface area contributed by atoms with Gasteiger partial charge in [-0.3, -0.25) is 0 Å². The maximum Gasteiger partial charge on any atom is 0.356 e. The van der Waals surface area contributed by atoms with Gasteiger partial charge in [0.25, 0.3) is 0 Å². The minimum Gasteiger partial charge on any atom is -0.476 e. The Kier molecular flexibility index (Phi) is 3.64. The maximum atomic E-state index is 13.8. The van der Waals surface area contributed by atoms with Crippen LogP contribution in [0.15, 0.2) is 30.3 Å². The normalized spacial score (nSPS) is 10.9. The average Bonchev–Trinajstić information content (AvgIpc) is 2.73. The molecule has 0 aliphatic rings. The minimum atomic E-state index is -1.11. The number of aromatic carboxylic acids is 1. The first-order valence-corrected chi connectivity index (χ1v) is 6.06. The number of carbonyl (C=O) groups is 1. The fraction of sp³-hybridized carbons (Fsp3) is 0.286. The molecule has 5 heteroatoms. The highest BCUT2D eigenvalue weighted by molar-refractivity contribution is 5.85. The molecule has 100 valence electrons. The molecule has 1 aromatic heterocycles. The van der Waals surface area contributed by atoms with Gasteiger partial charge in [-0.2, -0.15) is 5.10 Å². The minimum absolute atomic E-state index is 0.0705. The highest BCUT2D eigenvalue weighted by Crippen LogP contribution is 2.18. The highest BCUT2D eigenvalue weighted by atomic mass is 19.1. The number of carboxylic acids is 1. The van der Waals surface area contributed by atoms with E-state index in [1.54, 1.807) is 18.2 Å². The first kappa shape index (κ1) is 13.3. The van der Waals surface area contributed by atoms with E-state index in [1.807, 2.05) is 13.8 Å². The highest BCUT2D eigenvalue weighted by Gasteiger charge is 2.17. The van der Waals surface area contributed by atoms with E-state index in [-0.39, 0.29) is 11.4 Å². The number of rotatable bonds is 4. The zero-order valence-electron chi connectivity index (χ0n) is 10.8. The molecule has 0 saturated heterocycles. The van der Waals surface area contributed by atoms with Gasteiger partial charge in [-0.1, -0.05) is 26.0 Å². The number of carboxylic acid groups (broad SMARTS) is 1. The van der Waals surface area contributed by atoms with E-state index < -0.39 is 11.8 Å². The Morgan fingerprint density at radius 3 is 2.68 bits per heavy atom. The molecule has 0 unspecified atom stereocenters. The van der Waals surface area contributed by atoms with Gasteiger partial charge in [-0.15, -0.1) is 0 Å². The average molecular weight is 262 g/mol. The Morgan fingerprint density at radius 2 is 2.11 bits per heavy atom. The second-order valence-electron chi connectivity index (χ2n) is 4.79. The second-order valence-corrected chi connectivity index (χ2v) is 4.79. The van der Waals surface area contributed by atoms with Crippen molar-refractivity contribution in [2.24, 2.45) is 5.92 Å². The molecule has 0 aliphatic carbocycles. The smallest absolute Gasteiger partial charge is 0.356 e. The van der Waals surface area contributed by atoms with Gasteiger partial charge < -0.3 is 5.11 Å². The third-order valence-electron chi connectivity index (χ3n) is 2.70. The summed E-state index contributed by atoms with van der Waals surface area (Å²) in [6, 6.07) is 7.69. The number of hydrogen-bond donors (Lipinski definition) is 1. The lowest BCUT2D eigenvalue weighted by molar-refractivity contribution is 0.0690. The molecular formula is C14H15FN2O2. The van der Waals surface area contributed by atoms with Crippen LogP contribution in [0.4, 0.5) is 4.39 Å². The Balaban J connectivity index is 2.54. The molecule has 0 amide bonds. The van der Waals surface area contributed by atoms with Gasteiger partial charge in [0.2, 0.25) is 0 Å². The van der Waals surface area contributed by atoms with Gasteiger partial charge in [0.15, 0.2) is 5.69 Å². The van der Waals surface area contributed by atoms with Crippen molar-refractivity contribution in [2.75, 3.05) is 0 Å². The first-order chi connectivity index (χ1) is 8.99. The van der Waals surface area contributed by atoms with E-state index in [0.29, 0.717) is 18.0 Å². The van der Waals surface area contributed by atoms with Crippen LogP contribution in [0.25, 0.3) is 5.69 Å². The summed E-state index contributed by atoms with van der Waals surface area (Å²) in [6.07, 6.45) is 0.634. The van der Waals surface area contributed by atoms with Gasteiger partial charge in [-0.25, -0.2) is 13.9 Å². The van der Waals surface area contributed by atoms with Crippen molar-refractivity contribution in [3.63, 3.8) is 0 Å². The van der Waals surface area contributed by atoms with Gasteiger partial charge in [-0.05, 0) is 30.5 Å². The van der Waals surface area contributed by atoms with E-state index in [2.05, 4.69) is 5.10 Å². The number of benzene rings is 1. The van der Waals surface area contributed by atoms with Gasteiger partial charge >= 0.3 is 5.97 Å². The van der Waals surface area contributed by atoms with Crippen LogP contribution < -0.4 is 0 Å². The van der Waals surface area contributed by atoms with Crippen molar-refractivity contribution in [2.45, 2.75) is 20.3 Å². The van der Waals surface area contributed by atoms with Crippen LogP contribution in [0.1, 0.15) is 30.0 Å². The van der Waals surface area contributed by atoms with Gasteiger partial charge in [0.05, 0.1) is 0 Å². The van der Waals surface area contributed by atoms with E-state index in [0.717, 1.165) is 0 Å². The van der Waals surface area contributed by atoms with Crippen molar-refractivity contribution < 1.29 is 14.3 Å². The summed E-state index contributed by atoms with van der Waals surface area (Å²) in [4.78, 5) is 11.0. The Bertz CT molecular complexity index is 605. The Hall–Kier alpha value is -2.17. The molecule has 1 N–H and O–H groups in total. The molecule has 0 spiro atoms. The molecule has 0 atom stereocenters. The summed E-state index contributed by atoms with van der Waals surface area (Å²) in [5.41, 5.74) is 0.891. The predicted octanol–water partition coefficient (Wildman–Crippen LogP) is 2.91. The van der Waals surface area contributed by atoms with E-state index in [9.17, 15) is 9.18 Å². The fourth-order valence-electron chi connectivity index (χ4n) is 1.92. The zero-order valence-corrected chi connectivity index (χ0v) is 10.8. The second kappa shape index (κ2) is 5.22. The lowest BCUT2D eigenvalue weighted by atomic mass is 10.1. The van der Waals surface area contributed by atoms with E-state index >= 15 is 0 Å². The molecule has 19 heavy (non-hydrogen) atoms. The molecular weight excluding hydrogens is 247 g/mol. The van der Waals surface area contributed by atoms with E-state index in [4.69, 9.17) is 5.11 Å². The summed E-state index contributed by atoms with van der Waals surface area (Å²) in [5, 5.41) is 13.0. The summed E-state index contributed by atoms with van der Waals surface area (Å²) in [7, 11) is 0. The number of para-hydroxylation sites is 1. The number of aromatic nitrogens is 2. The van der Waals surface area contributed by atoms with Crippen LogP contribution >= 0.6 is 0 Å². The molecule has 0 bridgehead atoms. The molecule has 0 saturated carbocycles. The maximum absolute atomic E-state index is 13.8.